The lowest BCUT2D eigenvalue weighted by Crippen LogP contribution is -2.44. The standard InChI is InChI=1S/C13H21N3O2/c1-3-16-10-13(18)12(17)8-11(16)9-15-6-4-14(2)5-7-15/h8,10,18H,3-7,9H2,1-2H3. The molecule has 2 rings (SSSR count). The smallest absolute Gasteiger partial charge is 0.223 e. The SMILES string of the molecule is CCn1cc(O)c(=O)cc1CN1CCN(C)CC1. The Morgan fingerprint density at radius 3 is 2.56 bits per heavy atom. The van der Waals surface area contributed by atoms with Gasteiger partial charge >= 0.3 is 0 Å². The van der Waals surface area contributed by atoms with E-state index in [1.165, 1.54) is 6.20 Å². The summed E-state index contributed by atoms with van der Waals surface area (Å²) in [6, 6.07) is 1.55. The van der Waals surface area contributed by atoms with Crippen molar-refractivity contribution in [2.24, 2.45) is 0 Å². The molecule has 0 bridgehead atoms. The van der Waals surface area contributed by atoms with Gasteiger partial charge in [0.05, 0.1) is 6.20 Å². The minimum atomic E-state index is -0.288. The maximum atomic E-state index is 11.5. The first kappa shape index (κ1) is 13.1. The molecule has 1 saturated heterocycles. The predicted molar refractivity (Wildman–Crippen MR) is 70.8 cm³/mol. The summed E-state index contributed by atoms with van der Waals surface area (Å²) in [5.74, 6) is -0.168. The van der Waals surface area contributed by atoms with E-state index >= 15 is 0 Å². The lowest BCUT2D eigenvalue weighted by atomic mass is 10.2. The van der Waals surface area contributed by atoms with E-state index in [4.69, 9.17) is 0 Å². The molecule has 2 heterocycles. The molecule has 1 aromatic heterocycles. The van der Waals surface area contributed by atoms with Crippen LogP contribution < -0.4 is 5.43 Å². The lowest BCUT2D eigenvalue weighted by molar-refractivity contribution is 0.145. The molecule has 0 unspecified atom stereocenters. The molecule has 18 heavy (non-hydrogen) atoms. The Hall–Kier alpha value is -1.33. The Bertz CT molecular complexity index is 462. The van der Waals surface area contributed by atoms with Crippen molar-refractivity contribution >= 4 is 0 Å². The van der Waals surface area contributed by atoms with Gasteiger partial charge in [-0.1, -0.05) is 0 Å². The van der Waals surface area contributed by atoms with Crippen LogP contribution in [0.15, 0.2) is 17.1 Å². The van der Waals surface area contributed by atoms with Crippen molar-refractivity contribution in [3.05, 3.63) is 28.2 Å². The van der Waals surface area contributed by atoms with Crippen molar-refractivity contribution in [2.45, 2.75) is 20.0 Å². The van der Waals surface area contributed by atoms with Gasteiger partial charge in [-0.3, -0.25) is 9.69 Å². The van der Waals surface area contributed by atoms with Crippen LogP contribution in [0.5, 0.6) is 5.75 Å². The topological polar surface area (TPSA) is 48.7 Å². The fourth-order valence-corrected chi connectivity index (χ4v) is 2.27. The average molecular weight is 251 g/mol. The van der Waals surface area contributed by atoms with Gasteiger partial charge in [-0.25, -0.2) is 0 Å². The molecule has 1 N–H and O–H groups in total. The third-order valence-corrected chi connectivity index (χ3v) is 3.52. The van der Waals surface area contributed by atoms with Gasteiger partial charge < -0.3 is 14.6 Å². The molecule has 0 saturated carbocycles. The summed E-state index contributed by atoms with van der Waals surface area (Å²) in [6.45, 7) is 7.72. The molecular weight excluding hydrogens is 230 g/mol. The number of nitrogens with zero attached hydrogens (tertiary/aromatic N) is 3. The second-order valence-corrected chi connectivity index (χ2v) is 4.88. The van der Waals surface area contributed by atoms with Crippen LogP contribution in [0.2, 0.25) is 0 Å². The van der Waals surface area contributed by atoms with Crippen LogP contribution >= 0.6 is 0 Å². The Morgan fingerprint density at radius 1 is 1.28 bits per heavy atom. The summed E-state index contributed by atoms with van der Waals surface area (Å²) in [4.78, 5) is 16.2. The monoisotopic (exact) mass is 251 g/mol. The van der Waals surface area contributed by atoms with Gasteiger partial charge in [0.1, 0.15) is 0 Å². The molecule has 5 heteroatoms. The van der Waals surface area contributed by atoms with Crippen LogP contribution in [0.3, 0.4) is 0 Å². The Kier molecular flexibility index (Phi) is 4.04. The first-order valence-corrected chi connectivity index (χ1v) is 6.43. The van der Waals surface area contributed by atoms with Crippen LogP contribution in [-0.2, 0) is 13.1 Å². The van der Waals surface area contributed by atoms with Crippen LogP contribution in [0, 0.1) is 0 Å². The molecule has 0 spiro atoms. The number of hydrogen-bond donors (Lipinski definition) is 1. The molecular formula is C13H21N3O2. The van der Waals surface area contributed by atoms with Crippen molar-refractivity contribution in [3.8, 4) is 5.75 Å². The second kappa shape index (κ2) is 5.54. The molecule has 0 atom stereocenters. The van der Waals surface area contributed by atoms with Gasteiger partial charge in [-0.15, -0.1) is 0 Å². The average Bonchev–Trinajstić information content (AvgIpc) is 2.36. The third-order valence-electron chi connectivity index (χ3n) is 3.52. The molecule has 1 aliphatic heterocycles. The Morgan fingerprint density at radius 2 is 1.94 bits per heavy atom. The molecule has 0 aromatic carbocycles. The molecule has 5 nitrogen and oxygen atoms in total. The van der Waals surface area contributed by atoms with E-state index in [-0.39, 0.29) is 11.2 Å². The van der Waals surface area contributed by atoms with Crippen molar-refractivity contribution in [1.29, 1.82) is 0 Å². The van der Waals surface area contributed by atoms with Gasteiger partial charge in [0.15, 0.2) is 5.75 Å². The zero-order valence-electron chi connectivity index (χ0n) is 11.1. The van der Waals surface area contributed by atoms with E-state index in [0.717, 1.165) is 45.0 Å². The molecule has 0 aliphatic carbocycles. The molecule has 1 aliphatic rings. The van der Waals surface area contributed by atoms with Gasteiger partial charge in [-0.05, 0) is 14.0 Å². The highest BCUT2D eigenvalue weighted by molar-refractivity contribution is 5.20. The molecule has 100 valence electrons. The third kappa shape index (κ3) is 2.91. The highest BCUT2D eigenvalue weighted by Gasteiger charge is 2.15. The Labute approximate surface area is 107 Å². The Balaban J connectivity index is 2.13. The number of piperazine rings is 1. The summed E-state index contributed by atoms with van der Waals surface area (Å²) in [5, 5.41) is 9.44. The lowest BCUT2D eigenvalue weighted by Gasteiger charge is -2.32. The number of pyridine rings is 1. The molecule has 0 radical (unpaired) electrons. The van der Waals surface area contributed by atoms with Crippen LogP contribution in [0.25, 0.3) is 0 Å². The normalized spacial score (nSPS) is 18.1. The van der Waals surface area contributed by atoms with Gasteiger partial charge in [-0.2, -0.15) is 0 Å². The fraction of sp³-hybridized carbons (Fsp3) is 0.615. The van der Waals surface area contributed by atoms with Crippen LogP contribution in [0.1, 0.15) is 12.6 Å². The maximum Gasteiger partial charge on any atom is 0.223 e. The second-order valence-electron chi connectivity index (χ2n) is 4.88. The van der Waals surface area contributed by atoms with Gasteiger partial charge in [0.25, 0.3) is 0 Å². The number of aromatic hydroxyl groups is 1. The minimum Gasteiger partial charge on any atom is -0.503 e. The van der Waals surface area contributed by atoms with E-state index in [0.29, 0.717) is 0 Å². The minimum absolute atomic E-state index is 0.168. The quantitative estimate of drug-likeness (QED) is 0.840. The van der Waals surface area contributed by atoms with Gasteiger partial charge in [0.2, 0.25) is 5.43 Å². The summed E-state index contributed by atoms with van der Waals surface area (Å²) >= 11 is 0. The van der Waals surface area contributed by atoms with E-state index < -0.39 is 0 Å². The van der Waals surface area contributed by atoms with Crippen LogP contribution in [0.4, 0.5) is 0 Å². The summed E-state index contributed by atoms with van der Waals surface area (Å²) in [5.41, 5.74) is 0.689. The first-order valence-electron chi connectivity index (χ1n) is 6.43. The number of rotatable bonds is 3. The van der Waals surface area contributed by atoms with Crippen molar-refractivity contribution < 1.29 is 5.11 Å². The molecule has 0 amide bonds. The highest BCUT2D eigenvalue weighted by atomic mass is 16.3. The maximum absolute atomic E-state index is 11.5. The van der Waals surface area contributed by atoms with E-state index in [2.05, 4.69) is 16.8 Å². The number of hydrogen-bond acceptors (Lipinski definition) is 4. The van der Waals surface area contributed by atoms with E-state index in [9.17, 15) is 9.90 Å². The van der Waals surface area contributed by atoms with Crippen molar-refractivity contribution in [1.82, 2.24) is 14.4 Å². The molecule has 1 aromatic rings. The van der Waals surface area contributed by atoms with Crippen molar-refractivity contribution in [3.63, 3.8) is 0 Å². The number of aryl methyl sites for hydroxylation is 1. The fourth-order valence-electron chi connectivity index (χ4n) is 2.27. The summed E-state index contributed by atoms with van der Waals surface area (Å²) < 4.78 is 1.94. The molecule has 1 fully saturated rings. The predicted octanol–water partition coefficient (Wildman–Crippen LogP) is 0.321. The first-order chi connectivity index (χ1) is 8.60. The largest absolute Gasteiger partial charge is 0.503 e. The highest BCUT2D eigenvalue weighted by Crippen LogP contribution is 2.10. The summed E-state index contributed by atoms with van der Waals surface area (Å²) in [6.07, 6.45) is 1.54. The number of likely N-dealkylation sites (N-methyl/N-ethyl adjacent to an activating group) is 1. The number of aromatic nitrogens is 1. The van der Waals surface area contributed by atoms with E-state index in [1.807, 2.05) is 11.5 Å². The van der Waals surface area contributed by atoms with Crippen LogP contribution in [-0.4, -0.2) is 52.7 Å². The zero-order valence-corrected chi connectivity index (χ0v) is 11.1. The summed E-state index contributed by atoms with van der Waals surface area (Å²) in [7, 11) is 2.12. The van der Waals surface area contributed by atoms with Gasteiger partial charge in [0, 0.05) is 51.0 Å². The zero-order chi connectivity index (χ0) is 13.1. The van der Waals surface area contributed by atoms with Crippen molar-refractivity contribution in [2.75, 3.05) is 33.2 Å². The van der Waals surface area contributed by atoms with E-state index in [1.54, 1.807) is 6.07 Å².